The van der Waals surface area contributed by atoms with Gasteiger partial charge in [-0.1, -0.05) is 24.3 Å². The van der Waals surface area contributed by atoms with Gasteiger partial charge in [0.15, 0.2) is 6.61 Å². The van der Waals surface area contributed by atoms with E-state index in [0.717, 1.165) is 28.9 Å². The van der Waals surface area contributed by atoms with Gasteiger partial charge >= 0.3 is 18.1 Å². The van der Waals surface area contributed by atoms with Gasteiger partial charge in [-0.25, -0.2) is 9.59 Å². The average Bonchev–Trinajstić information content (AvgIpc) is 2.92. The number of alkyl carbamates (subject to hydrolysis) is 1. The van der Waals surface area contributed by atoms with Crippen LogP contribution in [0, 0.1) is 0 Å². The van der Waals surface area contributed by atoms with Crippen molar-refractivity contribution in [2.24, 2.45) is 0 Å². The van der Waals surface area contributed by atoms with Crippen LogP contribution in [0.4, 0.5) is 9.59 Å². The highest BCUT2D eigenvalue weighted by molar-refractivity contribution is 6.09. The van der Waals surface area contributed by atoms with Gasteiger partial charge in [-0.3, -0.25) is 24.6 Å². The lowest BCUT2D eigenvalue weighted by Gasteiger charge is -2.33. The molecule has 1 aliphatic carbocycles. The van der Waals surface area contributed by atoms with Crippen LogP contribution in [-0.2, 0) is 35.8 Å². The van der Waals surface area contributed by atoms with E-state index in [1.54, 1.807) is 19.1 Å². The van der Waals surface area contributed by atoms with Crippen LogP contribution in [0.25, 0.3) is 0 Å². The maximum atomic E-state index is 13.0. The van der Waals surface area contributed by atoms with E-state index in [1.807, 2.05) is 17.4 Å². The van der Waals surface area contributed by atoms with Gasteiger partial charge in [-0.05, 0) is 37.3 Å². The van der Waals surface area contributed by atoms with E-state index in [4.69, 9.17) is 4.74 Å². The van der Waals surface area contributed by atoms with Crippen molar-refractivity contribution in [3.05, 3.63) is 35.4 Å². The largest absolute Gasteiger partial charge is 0.454 e. The molecule has 1 saturated heterocycles. The molecule has 5 amide bonds. The quantitative estimate of drug-likeness (QED) is 0.543. The zero-order valence-corrected chi connectivity index (χ0v) is 15.9. The highest BCUT2D eigenvalue weighted by Gasteiger charge is 2.54. The van der Waals surface area contributed by atoms with Crippen molar-refractivity contribution in [1.29, 1.82) is 0 Å². The Bertz CT molecular complexity index is 869. The Kier molecular flexibility index (Phi) is 5.81. The smallest absolute Gasteiger partial charge is 0.413 e. The van der Waals surface area contributed by atoms with Crippen molar-refractivity contribution in [3.63, 3.8) is 0 Å². The van der Waals surface area contributed by atoms with Gasteiger partial charge in [-0.15, -0.1) is 0 Å². The van der Waals surface area contributed by atoms with Gasteiger partial charge in [0.1, 0.15) is 12.1 Å². The molecule has 0 radical (unpaired) electrons. The molecule has 0 bridgehead atoms. The molecule has 2 N–H and O–H groups in total. The first-order chi connectivity index (χ1) is 13.9. The minimum absolute atomic E-state index is 0.0793. The summed E-state index contributed by atoms with van der Waals surface area (Å²) in [6.45, 7) is 0.270. The lowest BCUT2D eigenvalue weighted by atomic mass is 9.76. The minimum atomic E-state index is -1.19. The van der Waals surface area contributed by atoms with Crippen LogP contribution in [0.1, 0.15) is 30.9 Å². The number of hydrogen-bond acceptors (Lipinski definition) is 7. The third kappa shape index (κ3) is 4.05. The fraction of sp³-hybridized carbons (Fsp3) is 0.421. The molecule has 1 spiro atoms. The number of carbonyl (C=O) groups excluding carboxylic acids is 5. The number of urea groups is 1. The van der Waals surface area contributed by atoms with E-state index in [-0.39, 0.29) is 6.61 Å². The molecule has 0 unspecified atom stereocenters. The van der Waals surface area contributed by atoms with Crippen molar-refractivity contribution < 1.29 is 33.4 Å². The van der Waals surface area contributed by atoms with Gasteiger partial charge < -0.3 is 14.8 Å². The summed E-state index contributed by atoms with van der Waals surface area (Å²) in [5.41, 5.74) is 0.523. The summed E-state index contributed by atoms with van der Waals surface area (Å²) < 4.78 is 9.28. The molecule has 1 fully saturated rings. The first-order valence-corrected chi connectivity index (χ1v) is 9.22. The normalized spacial score (nSPS) is 20.1. The van der Waals surface area contributed by atoms with E-state index in [0.29, 0.717) is 6.42 Å². The van der Waals surface area contributed by atoms with E-state index in [9.17, 15) is 24.0 Å². The SMILES string of the molecule is CCOC(=O)NC(=O)COC(=O)CN1C(=O)N[C@]2(CCCc3ccccc32)C1=O. The van der Waals surface area contributed by atoms with Crippen molar-refractivity contribution in [2.45, 2.75) is 31.7 Å². The predicted octanol–water partition coefficient (Wildman–Crippen LogP) is 0.586. The lowest BCUT2D eigenvalue weighted by Crippen LogP contribution is -2.47. The summed E-state index contributed by atoms with van der Waals surface area (Å²) in [6.07, 6.45) is 0.997. The first kappa shape index (κ1) is 20.3. The van der Waals surface area contributed by atoms with Crippen LogP contribution in [0.15, 0.2) is 24.3 Å². The summed E-state index contributed by atoms with van der Waals surface area (Å²) in [5, 5.41) is 4.59. The standard InChI is InChI=1S/C19H21N3O7/c1-2-28-18(27)20-14(23)11-29-15(24)10-22-16(25)19(21-17(22)26)9-5-7-12-6-3-4-8-13(12)19/h3-4,6,8H,2,5,7,9-11H2,1H3,(H,21,26)(H,20,23,27)/t19-/m0/s1. The van der Waals surface area contributed by atoms with Gasteiger partial charge in [-0.2, -0.15) is 0 Å². The Labute approximate surface area is 166 Å². The van der Waals surface area contributed by atoms with E-state index < -0.39 is 48.6 Å². The molecule has 1 aromatic carbocycles. The molecule has 10 nitrogen and oxygen atoms in total. The number of ether oxygens (including phenoxy) is 2. The van der Waals surface area contributed by atoms with Crippen LogP contribution < -0.4 is 10.6 Å². The first-order valence-electron chi connectivity index (χ1n) is 9.22. The molecule has 3 rings (SSSR count). The molecule has 1 atom stereocenters. The van der Waals surface area contributed by atoms with E-state index >= 15 is 0 Å². The fourth-order valence-electron chi connectivity index (χ4n) is 3.59. The number of esters is 1. The van der Waals surface area contributed by atoms with Crippen LogP contribution >= 0.6 is 0 Å². The fourth-order valence-corrected chi connectivity index (χ4v) is 3.59. The zero-order chi connectivity index (χ0) is 21.0. The number of hydrogen-bond donors (Lipinski definition) is 2. The molecular weight excluding hydrogens is 382 g/mol. The second kappa shape index (κ2) is 8.29. The minimum Gasteiger partial charge on any atom is -0.454 e. The third-order valence-corrected chi connectivity index (χ3v) is 4.82. The molecule has 29 heavy (non-hydrogen) atoms. The Hall–Kier alpha value is -3.43. The number of benzene rings is 1. The predicted molar refractivity (Wildman–Crippen MR) is 97.4 cm³/mol. The second-order valence-electron chi connectivity index (χ2n) is 6.67. The second-order valence-corrected chi connectivity index (χ2v) is 6.67. The van der Waals surface area contributed by atoms with Crippen molar-refractivity contribution in [2.75, 3.05) is 19.8 Å². The van der Waals surface area contributed by atoms with Gasteiger partial charge in [0.2, 0.25) is 0 Å². The number of fused-ring (bicyclic) bond motifs is 2. The van der Waals surface area contributed by atoms with E-state index in [1.165, 1.54) is 0 Å². The summed E-state index contributed by atoms with van der Waals surface area (Å²) in [6, 6.07) is 6.68. The van der Waals surface area contributed by atoms with Crippen LogP contribution in [0.2, 0.25) is 0 Å². The highest BCUT2D eigenvalue weighted by Crippen LogP contribution is 2.39. The molecule has 2 aliphatic rings. The Balaban J connectivity index is 1.62. The molecule has 1 aliphatic heterocycles. The van der Waals surface area contributed by atoms with Crippen molar-refractivity contribution in [1.82, 2.24) is 15.5 Å². The Morgan fingerprint density at radius 3 is 2.72 bits per heavy atom. The maximum absolute atomic E-state index is 13.0. The number of aryl methyl sites for hydroxylation is 1. The topological polar surface area (TPSA) is 131 Å². The Morgan fingerprint density at radius 1 is 1.21 bits per heavy atom. The third-order valence-electron chi connectivity index (χ3n) is 4.82. The summed E-state index contributed by atoms with van der Waals surface area (Å²) in [4.78, 5) is 60.9. The number of imide groups is 2. The highest BCUT2D eigenvalue weighted by atomic mass is 16.6. The monoisotopic (exact) mass is 403 g/mol. The lowest BCUT2D eigenvalue weighted by molar-refractivity contribution is -0.151. The van der Waals surface area contributed by atoms with Gasteiger partial charge in [0.25, 0.3) is 11.8 Å². The maximum Gasteiger partial charge on any atom is 0.413 e. The van der Waals surface area contributed by atoms with Crippen LogP contribution in [0.3, 0.4) is 0 Å². The number of carbonyl (C=O) groups is 5. The number of nitrogens with one attached hydrogen (secondary N) is 2. The van der Waals surface area contributed by atoms with Crippen molar-refractivity contribution >= 4 is 29.9 Å². The van der Waals surface area contributed by atoms with Gasteiger partial charge in [0, 0.05) is 0 Å². The van der Waals surface area contributed by atoms with Crippen LogP contribution in [-0.4, -0.2) is 54.6 Å². The Morgan fingerprint density at radius 2 is 1.97 bits per heavy atom. The number of amides is 5. The molecule has 1 aromatic rings. The molecule has 1 heterocycles. The van der Waals surface area contributed by atoms with E-state index in [2.05, 4.69) is 10.1 Å². The summed E-state index contributed by atoms with van der Waals surface area (Å²) >= 11 is 0. The molecule has 0 aromatic heterocycles. The molecular formula is C19H21N3O7. The molecule has 154 valence electrons. The van der Waals surface area contributed by atoms with Gasteiger partial charge in [0.05, 0.1) is 6.61 Å². The van der Waals surface area contributed by atoms with Crippen molar-refractivity contribution in [3.8, 4) is 0 Å². The van der Waals surface area contributed by atoms with Crippen LogP contribution in [0.5, 0.6) is 0 Å². The molecule has 10 heteroatoms. The summed E-state index contributed by atoms with van der Waals surface area (Å²) in [7, 11) is 0. The average molecular weight is 403 g/mol. The number of nitrogens with zero attached hydrogens (tertiary/aromatic N) is 1. The number of rotatable bonds is 5. The zero-order valence-electron chi connectivity index (χ0n) is 15.9. The molecule has 0 saturated carbocycles. The summed E-state index contributed by atoms with van der Waals surface area (Å²) in [5.74, 6) is -2.36.